The van der Waals surface area contributed by atoms with Crippen molar-refractivity contribution in [1.82, 2.24) is 10.2 Å². The molecule has 4 rings (SSSR count). The van der Waals surface area contributed by atoms with Gasteiger partial charge in [0.1, 0.15) is 0 Å². The Morgan fingerprint density at radius 1 is 0.844 bits per heavy atom. The summed E-state index contributed by atoms with van der Waals surface area (Å²) in [5, 5.41) is 3.23. The van der Waals surface area contributed by atoms with Crippen molar-refractivity contribution in [2.75, 3.05) is 26.2 Å². The van der Waals surface area contributed by atoms with E-state index in [4.69, 9.17) is 0 Å². The fraction of sp³-hybridized carbons (Fsp3) is 0.345. The number of hydrogen-bond donors (Lipinski definition) is 1. The highest BCUT2D eigenvalue weighted by Crippen LogP contribution is 2.32. The molecule has 0 aromatic heterocycles. The molecule has 1 heterocycles. The largest absolute Gasteiger partial charge is 0.355 e. The van der Waals surface area contributed by atoms with Crippen LogP contribution >= 0.6 is 0 Å². The molecule has 0 saturated carbocycles. The number of piperidine rings is 1. The van der Waals surface area contributed by atoms with E-state index < -0.39 is 5.41 Å². The van der Waals surface area contributed by atoms with Gasteiger partial charge in [-0.2, -0.15) is 0 Å². The highest BCUT2D eigenvalue weighted by atomic mass is 16.2. The average molecular weight is 427 g/mol. The standard InChI is InChI=1S/C29H34N2O/c1-29(26-14-7-3-8-15-26,27-16-9-4-10-17-27)28(32)30-20-11-21-31-22-18-25(19-23-31)24-12-5-2-6-13-24/h2-10,12-17,25H,11,18-23H2,1H3,(H,30,32). The van der Waals surface area contributed by atoms with E-state index in [1.807, 2.05) is 67.6 Å². The smallest absolute Gasteiger partial charge is 0.234 e. The highest BCUT2D eigenvalue weighted by Gasteiger charge is 2.36. The third kappa shape index (κ3) is 5.11. The van der Waals surface area contributed by atoms with Gasteiger partial charge in [0.15, 0.2) is 0 Å². The van der Waals surface area contributed by atoms with Gasteiger partial charge in [0.2, 0.25) is 5.91 Å². The fourth-order valence-electron chi connectivity index (χ4n) is 4.87. The van der Waals surface area contributed by atoms with Crippen LogP contribution in [0.25, 0.3) is 0 Å². The lowest BCUT2D eigenvalue weighted by atomic mass is 9.75. The summed E-state index contributed by atoms with van der Waals surface area (Å²) in [5.74, 6) is 0.752. The third-order valence-electron chi connectivity index (χ3n) is 6.95. The SMILES string of the molecule is CC(C(=O)NCCCN1CCC(c2ccccc2)CC1)(c1ccccc1)c1ccccc1. The molecule has 3 aromatic rings. The van der Waals surface area contributed by atoms with Crippen LogP contribution in [0.2, 0.25) is 0 Å². The monoisotopic (exact) mass is 426 g/mol. The second kappa shape index (κ2) is 10.6. The first-order valence-electron chi connectivity index (χ1n) is 11.8. The molecule has 1 fully saturated rings. The van der Waals surface area contributed by atoms with Crippen LogP contribution in [0.1, 0.15) is 48.8 Å². The predicted molar refractivity (Wildman–Crippen MR) is 132 cm³/mol. The van der Waals surface area contributed by atoms with Gasteiger partial charge in [-0.1, -0.05) is 91.0 Å². The molecular formula is C29H34N2O. The minimum absolute atomic E-state index is 0.0673. The average Bonchev–Trinajstić information content (AvgIpc) is 2.88. The maximum Gasteiger partial charge on any atom is 0.234 e. The van der Waals surface area contributed by atoms with Crippen LogP contribution in [0.4, 0.5) is 0 Å². The third-order valence-corrected chi connectivity index (χ3v) is 6.95. The highest BCUT2D eigenvalue weighted by molar-refractivity contribution is 5.91. The molecule has 1 N–H and O–H groups in total. The van der Waals surface area contributed by atoms with Gasteiger partial charge in [-0.05, 0) is 68.4 Å². The van der Waals surface area contributed by atoms with Crippen LogP contribution in [0.3, 0.4) is 0 Å². The number of nitrogens with zero attached hydrogens (tertiary/aromatic N) is 1. The van der Waals surface area contributed by atoms with Crippen LogP contribution < -0.4 is 5.32 Å². The Morgan fingerprint density at radius 2 is 1.34 bits per heavy atom. The Morgan fingerprint density at radius 3 is 1.88 bits per heavy atom. The topological polar surface area (TPSA) is 32.3 Å². The van der Waals surface area contributed by atoms with E-state index in [1.54, 1.807) is 0 Å². The van der Waals surface area contributed by atoms with Gasteiger partial charge < -0.3 is 10.2 Å². The maximum atomic E-state index is 13.4. The summed E-state index contributed by atoms with van der Waals surface area (Å²) < 4.78 is 0. The normalized spacial score (nSPS) is 15.4. The van der Waals surface area contributed by atoms with E-state index in [-0.39, 0.29) is 5.91 Å². The predicted octanol–water partition coefficient (Wildman–Crippen LogP) is 5.38. The van der Waals surface area contributed by atoms with E-state index >= 15 is 0 Å². The van der Waals surface area contributed by atoms with Crippen molar-refractivity contribution in [3.63, 3.8) is 0 Å². The first-order valence-corrected chi connectivity index (χ1v) is 11.8. The lowest BCUT2D eigenvalue weighted by Gasteiger charge is -2.32. The second-order valence-corrected chi connectivity index (χ2v) is 8.99. The van der Waals surface area contributed by atoms with Gasteiger partial charge >= 0.3 is 0 Å². The Hall–Kier alpha value is -2.91. The van der Waals surface area contributed by atoms with E-state index in [1.165, 1.54) is 18.4 Å². The molecule has 0 bridgehead atoms. The zero-order chi connectivity index (χ0) is 22.2. The van der Waals surface area contributed by atoms with Crippen molar-refractivity contribution in [2.24, 2.45) is 0 Å². The molecule has 0 spiro atoms. The quantitative estimate of drug-likeness (QED) is 0.491. The summed E-state index contributed by atoms with van der Waals surface area (Å²) in [6.07, 6.45) is 3.41. The number of benzene rings is 3. The van der Waals surface area contributed by atoms with Crippen LogP contribution in [0.5, 0.6) is 0 Å². The number of nitrogens with one attached hydrogen (secondary N) is 1. The summed E-state index contributed by atoms with van der Waals surface area (Å²) >= 11 is 0. The van der Waals surface area contributed by atoms with Gasteiger partial charge in [-0.25, -0.2) is 0 Å². The number of carbonyl (C=O) groups is 1. The molecular weight excluding hydrogens is 392 g/mol. The Labute approximate surface area is 192 Å². The molecule has 166 valence electrons. The summed E-state index contributed by atoms with van der Waals surface area (Å²) in [6, 6.07) is 31.1. The van der Waals surface area contributed by atoms with Crippen molar-refractivity contribution in [2.45, 2.75) is 37.5 Å². The summed E-state index contributed by atoms with van der Waals surface area (Å²) in [4.78, 5) is 15.9. The van der Waals surface area contributed by atoms with Crippen molar-refractivity contribution in [1.29, 1.82) is 0 Å². The molecule has 0 radical (unpaired) electrons. The molecule has 32 heavy (non-hydrogen) atoms. The zero-order valence-electron chi connectivity index (χ0n) is 19.0. The molecule has 0 atom stereocenters. The molecule has 3 nitrogen and oxygen atoms in total. The number of carbonyl (C=O) groups excluding carboxylic acids is 1. The van der Waals surface area contributed by atoms with E-state index in [9.17, 15) is 4.79 Å². The number of rotatable bonds is 8. The van der Waals surface area contributed by atoms with Crippen LogP contribution in [0.15, 0.2) is 91.0 Å². The minimum Gasteiger partial charge on any atom is -0.355 e. The fourth-order valence-corrected chi connectivity index (χ4v) is 4.87. The van der Waals surface area contributed by atoms with Crippen molar-refractivity contribution >= 4 is 5.91 Å². The number of hydrogen-bond acceptors (Lipinski definition) is 2. The van der Waals surface area contributed by atoms with Crippen LogP contribution in [0, 0.1) is 0 Å². The molecule has 1 aliphatic rings. The van der Waals surface area contributed by atoms with E-state index in [0.717, 1.165) is 37.2 Å². The maximum absolute atomic E-state index is 13.4. The minimum atomic E-state index is -0.698. The van der Waals surface area contributed by atoms with Crippen molar-refractivity contribution in [3.8, 4) is 0 Å². The lowest BCUT2D eigenvalue weighted by molar-refractivity contribution is -0.124. The molecule has 3 heteroatoms. The molecule has 1 saturated heterocycles. The summed E-state index contributed by atoms with van der Waals surface area (Å²) in [7, 11) is 0. The first kappa shape index (κ1) is 22.3. The lowest BCUT2D eigenvalue weighted by Crippen LogP contribution is -2.44. The molecule has 0 unspecified atom stereocenters. The first-order chi connectivity index (χ1) is 15.7. The van der Waals surface area contributed by atoms with Gasteiger partial charge in [0.05, 0.1) is 5.41 Å². The molecule has 1 amide bonds. The van der Waals surface area contributed by atoms with Crippen LogP contribution in [-0.2, 0) is 10.2 Å². The van der Waals surface area contributed by atoms with Gasteiger partial charge in [0.25, 0.3) is 0 Å². The van der Waals surface area contributed by atoms with E-state index in [2.05, 4.69) is 40.5 Å². The molecule has 0 aliphatic carbocycles. The van der Waals surface area contributed by atoms with Crippen LogP contribution in [-0.4, -0.2) is 37.0 Å². The second-order valence-electron chi connectivity index (χ2n) is 8.99. The van der Waals surface area contributed by atoms with Gasteiger partial charge in [-0.15, -0.1) is 0 Å². The van der Waals surface area contributed by atoms with Crippen molar-refractivity contribution in [3.05, 3.63) is 108 Å². The molecule has 3 aromatic carbocycles. The summed E-state index contributed by atoms with van der Waals surface area (Å²) in [6.45, 7) is 6.04. The zero-order valence-corrected chi connectivity index (χ0v) is 19.0. The Balaban J connectivity index is 1.29. The van der Waals surface area contributed by atoms with E-state index in [0.29, 0.717) is 12.5 Å². The van der Waals surface area contributed by atoms with Crippen molar-refractivity contribution < 1.29 is 4.79 Å². The Kier molecular flexibility index (Phi) is 7.39. The summed E-state index contributed by atoms with van der Waals surface area (Å²) in [5.41, 5.74) is 2.81. The number of likely N-dealkylation sites (tertiary alicyclic amines) is 1. The van der Waals surface area contributed by atoms with Gasteiger partial charge in [-0.3, -0.25) is 4.79 Å². The molecule has 1 aliphatic heterocycles. The van der Waals surface area contributed by atoms with Gasteiger partial charge in [0, 0.05) is 6.54 Å². The Bertz CT molecular complexity index is 924. The number of amides is 1.